The maximum absolute atomic E-state index is 2.56. The topological polar surface area (TPSA) is 9.34 Å². The van der Waals surface area contributed by atoms with Crippen LogP contribution < -0.4 is 0 Å². The van der Waals surface area contributed by atoms with E-state index in [0.717, 1.165) is 0 Å². The van der Waals surface area contributed by atoms with Gasteiger partial charge < -0.3 is 8.97 Å². The van der Waals surface area contributed by atoms with E-state index in [1.807, 2.05) is 0 Å². The van der Waals surface area contributed by atoms with Crippen LogP contribution in [-0.2, 0) is 10.8 Å². The summed E-state index contributed by atoms with van der Waals surface area (Å²) in [5.74, 6) is 0.959. The Balaban J connectivity index is 1.37. The Labute approximate surface area is 318 Å². The largest absolute Gasteiger partial charge is 0.309 e. The Bertz CT molecular complexity index is 2960. The number of nitrogens with zero attached hydrogens (tertiary/aromatic N) is 2. The van der Waals surface area contributed by atoms with Crippen LogP contribution in [0.15, 0.2) is 109 Å². The summed E-state index contributed by atoms with van der Waals surface area (Å²) in [4.78, 5) is 0. The lowest BCUT2D eigenvalue weighted by molar-refractivity contribution is 0.590. The highest BCUT2D eigenvalue weighted by molar-refractivity contribution is 6.27. The lowest BCUT2D eigenvalue weighted by Crippen LogP contribution is -2.10. The summed E-state index contributed by atoms with van der Waals surface area (Å²) in [5.41, 5.74) is 13.2. The summed E-state index contributed by atoms with van der Waals surface area (Å²) in [5, 5.41) is 13.1. The third-order valence-corrected chi connectivity index (χ3v) is 12.4. The van der Waals surface area contributed by atoms with Crippen molar-refractivity contribution in [2.45, 2.75) is 91.9 Å². The first kappa shape index (κ1) is 33.2. The molecule has 3 aromatic heterocycles. The summed E-state index contributed by atoms with van der Waals surface area (Å²) in [6, 6.07) is 43.1. The second-order valence-electron chi connectivity index (χ2n) is 18.8. The van der Waals surface area contributed by atoms with Gasteiger partial charge in [-0.2, -0.15) is 0 Å². The maximum atomic E-state index is 2.56. The molecule has 3 heterocycles. The van der Waals surface area contributed by atoms with Gasteiger partial charge in [-0.15, -0.1) is 0 Å². The third kappa shape index (κ3) is 4.78. The van der Waals surface area contributed by atoms with Gasteiger partial charge in [0.15, 0.2) is 0 Å². The number of hydrogen-bond donors (Lipinski definition) is 0. The predicted molar refractivity (Wildman–Crippen MR) is 236 cm³/mol. The molecule has 0 unspecified atom stereocenters. The molecule has 0 amide bonds. The standard InChI is InChI=1S/C52H50N2/c1-29(2)31-11-13-33-23-48-40(21-35(33)19-31)44-27-39(28-45-41-22-36-20-32(30(3)4)12-14-34(36)24-49(41)54(48)50(44)45)53-46-17-15-37(51(5,6)7)25-42(46)43-26-38(52(8,9)10)16-18-47(43)53/h11-30H,1-10H3. The molecule has 0 bridgehead atoms. The second-order valence-corrected chi connectivity index (χ2v) is 18.8. The molecule has 0 spiro atoms. The molecule has 0 aliphatic heterocycles. The molecule has 10 aromatic rings. The van der Waals surface area contributed by atoms with Gasteiger partial charge in [-0.3, -0.25) is 0 Å². The van der Waals surface area contributed by atoms with Crippen LogP contribution in [0, 0.1) is 0 Å². The van der Waals surface area contributed by atoms with Gasteiger partial charge in [-0.25, -0.2) is 0 Å². The fraction of sp³-hybridized carbons (Fsp3) is 0.269. The average molecular weight is 703 g/mol. The lowest BCUT2D eigenvalue weighted by atomic mass is 9.85. The van der Waals surface area contributed by atoms with Crippen molar-refractivity contribution >= 4 is 81.4 Å². The van der Waals surface area contributed by atoms with Gasteiger partial charge in [0.1, 0.15) is 0 Å². The van der Waals surface area contributed by atoms with E-state index in [-0.39, 0.29) is 10.8 Å². The maximum Gasteiger partial charge on any atom is 0.0622 e. The fourth-order valence-electron chi connectivity index (χ4n) is 9.13. The number of fused-ring (bicyclic) bond motifs is 11. The van der Waals surface area contributed by atoms with Crippen LogP contribution in [0.3, 0.4) is 0 Å². The van der Waals surface area contributed by atoms with Crippen molar-refractivity contribution in [1.82, 2.24) is 8.97 Å². The number of aromatic nitrogens is 2. The summed E-state index contributed by atoms with van der Waals surface area (Å²) >= 11 is 0. The average Bonchev–Trinajstić information content (AvgIpc) is 3.74. The van der Waals surface area contributed by atoms with Crippen LogP contribution >= 0.6 is 0 Å². The first-order valence-electron chi connectivity index (χ1n) is 19.9. The Morgan fingerprint density at radius 1 is 0.389 bits per heavy atom. The Morgan fingerprint density at radius 2 is 0.815 bits per heavy atom. The zero-order valence-electron chi connectivity index (χ0n) is 33.4. The predicted octanol–water partition coefficient (Wildman–Crippen LogP) is 15.1. The first-order valence-corrected chi connectivity index (χ1v) is 19.9. The molecule has 10 rings (SSSR count). The molecule has 268 valence electrons. The molecule has 0 atom stereocenters. The van der Waals surface area contributed by atoms with E-state index in [9.17, 15) is 0 Å². The minimum absolute atomic E-state index is 0.0526. The number of hydrogen-bond acceptors (Lipinski definition) is 0. The van der Waals surface area contributed by atoms with E-state index in [4.69, 9.17) is 0 Å². The van der Waals surface area contributed by atoms with Crippen LogP contribution in [0.5, 0.6) is 0 Å². The van der Waals surface area contributed by atoms with Crippen LogP contribution in [0.4, 0.5) is 0 Å². The molecule has 0 saturated heterocycles. The van der Waals surface area contributed by atoms with Gasteiger partial charge in [-0.05, 0) is 127 Å². The summed E-state index contributed by atoms with van der Waals surface area (Å²) in [6.07, 6.45) is 0. The quantitative estimate of drug-likeness (QED) is 0.173. The summed E-state index contributed by atoms with van der Waals surface area (Å²) < 4.78 is 5.10. The van der Waals surface area contributed by atoms with E-state index in [0.29, 0.717) is 11.8 Å². The van der Waals surface area contributed by atoms with Gasteiger partial charge in [0.2, 0.25) is 0 Å². The minimum Gasteiger partial charge on any atom is -0.309 e. The molecule has 0 fully saturated rings. The zero-order chi connectivity index (χ0) is 37.6. The van der Waals surface area contributed by atoms with E-state index in [2.05, 4.69) is 187 Å². The van der Waals surface area contributed by atoms with Gasteiger partial charge >= 0.3 is 0 Å². The molecule has 0 aliphatic carbocycles. The minimum atomic E-state index is 0.0526. The van der Waals surface area contributed by atoms with Crippen molar-refractivity contribution < 1.29 is 0 Å². The summed E-state index contributed by atoms with van der Waals surface area (Å²) in [7, 11) is 0. The van der Waals surface area contributed by atoms with E-state index >= 15 is 0 Å². The van der Waals surface area contributed by atoms with Crippen LogP contribution in [0.1, 0.15) is 103 Å². The molecule has 0 N–H and O–H groups in total. The SMILES string of the molecule is CC(C)c1ccc2cc3c(cc2c1)c1cc(-n2c4ccc(C(C)(C)C)cc4c4cc(C(C)(C)C)ccc42)cc2c4cc5cc(C(C)C)ccc5cc4n3c12. The molecule has 0 radical (unpaired) electrons. The van der Waals surface area contributed by atoms with Crippen LogP contribution in [0.2, 0.25) is 0 Å². The molecule has 2 nitrogen and oxygen atoms in total. The highest BCUT2D eigenvalue weighted by atomic mass is 15.0. The molecular formula is C52H50N2. The van der Waals surface area contributed by atoms with Crippen molar-refractivity contribution in [3.05, 3.63) is 131 Å². The van der Waals surface area contributed by atoms with Gasteiger partial charge in [0.05, 0.1) is 27.6 Å². The first-order chi connectivity index (χ1) is 25.7. The fourth-order valence-corrected chi connectivity index (χ4v) is 9.13. The van der Waals surface area contributed by atoms with Gasteiger partial charge in [0.25, 0.3) is 0 Å². The molecule has 54 heavy (non-hydrogen) atoms. The van der Waals surface area contributed by atoms with Crippen molar-refractivity contribution in [2.24, 2.45) is 0 Å². The zero-order valence-corrected chi connectivity index (χ0v) is 33.4. The van der Waals surface area contributed by atoms with Crippen molar-refractivity contribution in [3.8, 4) is 5.69 Å². The van der Waals surface area contributed by atoms with Gasteiger partial charge in [0, 0.05) is 38.0 Å². The summed E-state index contributed by atoms with van der Waals surface area (Å²) in [6.45, 7) is 23.1. The Morgan fingerprint density at radius 3 is 1.22 bits per heavy atom. The second kappa shape index (κ2) is 11.1. The van der Waals surface area contributed by atoms with Crippen LogP contribution in [-0.4, -0.2) is 8.97 Å². The van der Waals surface area contributed by atoms with E-state index < -0.39 is 0 Å². The smallest absolute Gasteiger partial charge is 0.0622 e. The molecule has 0 saturated carbocycles. The van der Waals surface area contributed by atoms with Crippen molar-refractivity contribution in [1.29, 1.82) is 0 Å². The molecule has 2 heteroatoms. The van der Waals surface area contributed by atoms with Crippen LogP contribution in [0.25, 0.3) is 87.1 Å². The highest BCUT2D eigenvalue weighted by Gasteiger charge is 2.24. The number of benzene rings is 7. The molecule has 0 aliphatic rings. The van der Waals surface area contributed by atoms with E-state index in [1.165, 1.54) is 109 Å². The monoisotopic (exact) mass is 702 g/mol. The van der Waals surface area contributed by atoms with E-state index in [1.54, 1.807) is 0 Å². The Hall–Kier alpha value is -5.34. The highest BCUT2D eigenvalue weighted by Crippen LogP contribution is 2.45. The molecular weight excluding hydrogens is 653 g/mol. The normalized spacial score (nSPS) is 13.3. The van der Waals surface area contributed by atoms with Crippen molar-refractivity contribution in [3.63, 3.8) is 0 Å². The molecule has 7 aromatic carbocycles. The Kier molecular flexibility index (Phi) is 6.84. The lowest BCUT2D eigenvalue weighted by Gasteiger charge is -2.19. The van der Waals surface area contributed by atoms with Gasteiger partial charge in [-0.1, -0.05) is 118 Å². The number of rotatable bonds is 3. The third-order valence-electron chi connectivity index (χ3n) is 12.4. The van der Waals surface area contributed by atoms with Crippen molar-refractivity contribution in [2.75, 3.05) is 0 Å².